The molecule has 0 amide bonds. The summed E-state index contributed by atoms with van der Waals surface area (Å²) in [5.74, 6) is -0.947. The van der Waals surface area contributed by atoms with Crippen molar-refractivity contribution in [3.05, 3.63) is 50.2 Å². The minimum Gasteiger partial charge on any atom is -0.502 e. The van der Waals surface area contributed by atoms with Crippen molar-refractivity contribution >= 4 is 17.3 Å². The number of rotatable bonds is 4. The van der Waals surface area contributed by atoms with Crippen LogP contribution < -0.4 is 5.43 Å². The van der Waals surface area contributed by atoms with Crippen LogP contribution in [-0.2, 0) is 9.53 Å². The van der Waals surface area contributed by atoms with Crippen LogP contribution in [0.5, 0.6) is 5.75 Å². The van der Waals surface area contributed by atoms with Gasteiger partial charge in [-0.2, -0.15) is 0 Å². The van der Waals surface area contributed by atoms with Gasteiger partial charge in [-0.1, -0.05) is 6.07 Å². The predicted octanol–water partition coefficient (Wildman–Crippen LogP) is 2.41. The quantitative estimate of drug-likeness (QED) is 0.876. The Morgan fingerprint density at radius 3 is 2.90 bits per heavy atom. The lowest BCUT2D eigenvalue weighted by atomic mass is 9.99. The molecule has 0 saturated heterocycles. The molecule has 0 aliphatic heterocycles. The zero-order valence-corrected chi connectivity index (χ0v) is 11.9. The van der Waals surface area contributed by atoms with Gasteiger partial charge in [0.1, 0.15) is 5.76 Å². The van der Waals surface area contributed by atoms with Gasteiger partial charge in [-0.15, -0.1) is 11.3 Å². The molecule has 0 bridgehead atoms. The van der Waals surface area contributed by atoms with Gasteiger partial charge in [0.05, 0.1) is 19.4 Å². The number of aromatic hydroxyl groups is 1. The zero-order chi connectivity index (χ0) is 14.7. The van der Waals surface area contributed by atoms with E-state index in [1.54, 1.807) is 6.92 Å². The summed E-state index contributed by atoms with van der Waals surface area (Å²) in [5.41, 5.74) is -0.518. The van der Waals surface area contributed by atoms with E-state index in [4.69, 9.17) is 4.42 Å². The second kappa shape index (κ2) is 5.92. The van der Waals surface area contributed by atoms with Gasteiger partial charge in [-0.05, 0) is 18.4 Å². The number of aryl methyl sites for hydroxylation is 1. The molecule has 2 aromatic rings. The molecule has 0 spiro atoms. The van der Waals surface area contributed by atoms with Crippen molar-refractivity contribution in [1.82, 2.24) is 0 Å². The zero-order valence-electron chi connectivity index (χ0n) is 11.1. The molecule has 6 heteroatoms. The molecule has 1 N–H and O–H groups in total. The van der Waals surface area contributed by atoms with E-state index in [0.717, 1.165) is 4.88 Å². The van der Waals surface area contributed by atoms with E-state index in [9.17, 15) is 14.7 Å². The van der Waals surface area contributed by atoms with Crippen LogP contribution in [0.4, 0.5) is 0 Å². The second-order valence-electron chi connectivity index (χ2n) is 4.28. The first kappa shape index (κ1) is 14.3. The highest BCUT2D eigenvalue weighted by Gasteiger charge is 2.26. The standard InChI is InChI=1S/C14H14O5S/c1-8-6-10(15)13(17)14(19-8)9(7-12(16)18-2)11-4-3-5-20-11/h3-6,9,17H,7H2,1-2H3/t9-/m1/s1. The van der Waals surface area contributed by atoms with Gasteiger partial charge in [0.25, 0.3) is 0 Å². The molecule has 0 aliphatic carbocycles. The van der Waals surface area contributed by atoms with Crippen molar-refractivity contribution < 1.29 is 19.1 Å². The molecular formula is C14H14O5S. The first-order valence-corrected chi connectivity index (χ1v) is 6.84. The van der Waals surface area contributed by atoms with Gasteiger partial charge in [-0.25, -0.2) is 0 Å². The molecule has 0 fully saturated rings. The third kappa shape index (κ3) is 2.91. The molecule has 0 radical (unpaired) electrons. The SMILES string of the molecule is COC(=O)C[C@H](c1cccs1)c1oc(C)cc(=O)c1O. The second-order valence-corrected chi connectivity index (χ2v) is 5.26. The first-order chi connectivity index (χ1) is 9.52. The largest absolute Gasteiger partial charge is 0.502 e. The summed E-state index contributed by atoms with van der Waals surface area (Å²) in [6.07, 6.45) is -0.00301. The smallest absolute Gasteiger partial charge is 0.306 e. The molecule has 5 nitrogen and oxygen atoms in total. The average molecular weight is 294 g/mol. The molecule has 0 unspecified atom stereocenters. The van der Waals surface area contributed by atoms with E-state index in [2.05, 4.69) is 4.74 Å². The monoisotopic (exact) mass is 294 g/mol. The van der Waals surface area contributed by atoms with Crippen LogP contribution in [0.2, 0.25) is 0 Å². The van der Waals surface area contributed by atoms with E-state index in [1.807, 2.05) is 17.5 Å². The van der Waals surface area contributed by atoms with Crippen molar-refractivity contribution in [1.29, 1.82) is 0 Å². The van der Waals surface area contributed by atoms with Gasteiger partial charge in [-0.3, -0.25) is 9.59 Å². The lowest BCUT2D eigenvalue weighted by molar-refractivity contribution is -0.140. The van der Waals surface area contributed by atoms with Crippen molar-refractivity contribution in [2.45, 2.75) is 19.3 Å². The fraction of sp³-hybridized carbons (Fsp3) is 0.286. The highest BCUT2D eigenvalue weighted by molar-refractivity contribution is 7.10. The number of hydrogen-bond acceptors (Lipinski definition) is 6. The number of thiophene rings is 1. The number of ether oxygens (including phenoxy) is 1. The summed E-state index contributed by atoms with van der Waals surface area (Å²) in [6, 6.07) is 4.86. The Morgan fingerprint density at radius 1 is 1.55 bits per heavy atom. The molecule has 2 rings (SSSR count). The predicted molar refractivity (Wildman–Crippen MR) is 74.2 cm³/mol. The molecule has 106 valence electrons. The van der Waals surface area contributed by atoms with Crippen molar-refractivity contribution in [2.24, 2.45) is 0 Å². The van der Waals surface area contributed by atoms with Crippen molar-refractivity contribution in [2.75, 3.05) is 7.11 Å². The van der Waals surface area contributed by atoms with E-state index in [-0.39, 0.29) is 12.2 Å². The molecule has 2 aromatic heterocycles. The van der Waals surface area contributed by atoms with Crippen molar-refractivity contribution in [3.63, 3.8) is 0 Å². The maximum atomic E-state index is 11.7. The molecule has 0 saturated carbocycles. The van der Waals surface area contributed by atoms with Crippen LogP contribution in [-0.4, -0.2) is 18.2 Å². The average Bonchev–Trinajstić information content (AvgIpc) is 2.94. The minimum absolute atomic E-state index is 0.00301. The summed E-state index contributed by atoms with van der Waals surface area (Å²) in [6.45, 7) is 1.62. The Morgan fingerprint density at radius 2 is 2.30 bits per heavy atom. The summed E-state index contributed by atoms with van der Waals surface area (Å²) in [4.78, 5) is 24.0. The first-order valence-electron chi connectivity index (χ1n) is 5.96. The van der Waals surface area contributed by atoms with Gasteiger partial charge >= 0.3 is 5.97 Å². The van der Waals surface area contributed by atoms with Crippen LogP contribution in [0.25, 0.3) is 0 Å². The topological polar surface area (TPSA) is 76.7 Å². The summed E-state index contributed by atoms with van der Waals surface area (Å²) >= 11 is 1.42. The maximum absolute atomic E-state index is 11.7. The molecule has 20 heavy (non-hydrogen) atoms. The fourth-order valence-electron chi connectivity index (χ4n) is 1.92. The van der Waals surface area contributed by atoms with Gasteiger partial charge in [0.2, 0.25) is 11.2 Å². The molecule has 0 aromatic carbocycles. The van der Waals surface area contributed by atoms with Gasteiger partial charge in [0.15, 0.2) is 5.76 Å². The van der Waals surface area contributed by atoms with Crippen LogP contribution in [0.1, 0.15) is 28.7 Å². The van der Waals surface area contributed by atoms with Crippen molar-refractivity contribution in [3.8, 4) is 5.75 Å². The van der Waals surface area contributed by atoms with Gasteiger partial charge in [0, 0.05) is 10.9 Å². The normalized spacial score (nSPS) is 12.1. The molecule has 2 heterocycles. The van der Waals surface area contributed by atoms with Crippen LogP contribution in [0, 0.1) is 6.92 Å². The summed E-state index contributed by atoms with van der Waals surface area (Å²) in [7, 11) is 1.29. The Balaban J connectivity index is 2.52. The Bertz CT molecular complexity index is 657. The Kier molecular flexibility index (Phi) is 4.24. The van der Waals surface area contributed by atoms with E-state index < -0.39 is 23.1 Å². The number of carbonyl (C=O) groups excluding carboxylic acids is 1. The highest BCUT2D eigenvalue weighted by atomic mass is 32.1. The number of hydrogen-bond donors (Lipinski definition) is 1. The van der Waals surface area contributed by atoms with Crippen LogP contribution in [0.15, 0.2) is 32.8 Å². The minimum atomic E-state index is -0.532. The van der Waals surface area contributed by atoms with Gasteiger partial charge < -0.3 is 14.3 Å². The van der Waals surface area contributed by atoms with E-state index in [1.165, 1.54) is 24.5 Å². The number of carbonyl (C=O) groups is 1. The third-order valence-corrected chi connectivity index (χ3v) is 3.86. The highest BCUT2D eigenvalue weighted by Crippen LogP contribution is 2.35. The Labute approximate surface area is 119 Å². The van der Waals surface area contributed by atoms with Crippen LogP contribution >= 0.6 is 11.3 Å². The number of methoxy groups -OCH3 is 1. The maximum Gasteiger partial charge on any atom is 0.306 e. The summed E-state index contributed by atoms with van der Waals surface area (Å²) < 4.78 is 10.1. The van der Waals surface area contributed by atoms with Crippen LogP contribution in [0.3, 0.4) is 0 Å². The summed E-state index contributed by atoms with van der Waals surface area (Å²) in [5, 5.41) is 11.8. The lowest BCUT2D eigenvalue weighted by Crippen LogP contribution is -2.12. The van der Waals surface area contributed by atoms with E-state index in [0.29, 0.717) is 5.76 Å². The third-order valence-electron chi connectivity index (χ3n) is 2.87. The molecular weight excluding hydrogens is 280 g/mol. The Hall–Kier alpha value is -2.08. The van der Waals surface area contributed by atoms with E-state index >= 15 is 0 Å². The fourth-order valence-corrected chi connectivity index (χ4v) is 2.75. The molecule has 1 atom stereocenters. The number of esters is 1. The molecule has 0 aliphatic rings. The lowest BCUT2D eigenvalue weighted by Gasteiger charge is -2.14.